The molecule has 5 heterocycles. The van der Waals surface area contributed by atoms with Gasteiger partial charge in [-0.25, -0.2) is 0 Å². The highest BCUT2D eigenvalue weighted by Crippen LogP contribution is 2.46. The molecule has 5 nitrogen and oxygen atoms in total. The van der Waals surface area contributed by atoms with Crippen LogP contribution in [0.2, 0.25) is 0 Å². The molecule has 5 heteroatoms. The molecular formula is C21H35N3O2. The van der Waals surface area contributed by atoms with Gasteiger partial charge in [-0.1, -0.05) is 19.1 Å². The minimum absolute atomic E-state index is 0.142. The second kappa shape index (κ2) is 6.56. The average molecular weight is 362 g/mol. The van der Waals surface area contributed by atoms with Crippen LogP contribution in [0.25, 0.3) is 0 Å². The molecular weight excluding hydrogens is 326 g/mol. The highest BCUT2D eigenvalue weighted by molar-refractivity contribution is 5.09. The summed E-state index contributed by atoms with van der Waals surface area (Å²) in [7, 11) is 0. The molecule has 26 heavy (non-hydrogen) atoms. The zero-order valence-electron chi connectivity index (χ0n) is 16.4. The quantitative estimate of drug-likeness (QED) is 0.702. The molecule has 0 saturated carbocycles. The van der Waals surface area contributed by atoms with Crippen LogP contribution in [-0.2, 0) is 9.47 Å². The Morgan fingerprint density at radius 3 is 2.46 bits per heavy atom. The van der Waals surface area contributed by atoms with E-state index in [1.165, 1.54) is 25.7 Å². The Morgan fingerprint density at radius 1 is 1.04 bits per heavy atom. The van der Waals surface area contributed by atoms with Gasteiger partial charge in [0.15, 0.2) is 0 Å². The predicted octanol–water partition coefficient (Wildman–Crippen LogP) is 3.22. The first-order chi connectivity index (χ1) is 12.6. The van der Waals surface area contributed by atoms with E-state index in [-0.39, 0.29) is 23.8 Å². The summed E-state index contributed by atoms with van der Waals surface area (Å²) in [5, 5.41) is 7.85. The Labute approximate surface area is 157 Å². The van der Waals surface area contributed by atoms with Crippen LogP contribution in [-0.4, -0.2) is 46.9 Å². The van der Waals surface area contributed by atoms with E-state index < -0.39 is 0 Å². The molecule has 0 bridgehead atoms. The fourth-order valence-corrected chi connectivity index (χ4v) is 6.24. The molecule has 0 aromatic rings. The van der Waals surface area contributed by atoms with Crippen LogP contribution in [0.15, 0.2) is 12.2 Å². The molecule has 0 amide bonds. The van der Waals surface area contributed by atoms with Crippen molar-refractivity contribution < 1.29 is 9.47 Å². The number of nitrogens with one attached hydrogen (secondary N) is 2. The van der Waals surface area contributed by atoms with E-state index in [0.717, 1.165) is 38.5 Å². The van der Waals surface area contributed by atoms with Gasteiger partial charge in [-0.05, 0) is 58.3 Å². The molecule has 0 radical (unpaired) electrons. The van der Waals surface area contributed by atoms with Crippen molar-refractivity contribution in [2.45, 2.75) is 120 Å². The highest BCUT2D eigenvalue weighted by atomic mass is 16.5. The van der Waals surface area contributed by atoms with E-state index in [4.69, 9.17) is 9.47 Å². The van der Waals surface area contributed by atoms with E-state index in [2.05, 4.69) is 41.5 Å². The lowest BCUT2D eigenvalue weighted by atomic mass is 9.89. The van der Waals surface area contributed by atoms with Crippen molar-refractivity contribution in [1.82, 2.24) is 15.5 Å². The Bertz CT molecular complexity index is 569. The first kappa shape index (κ1) is 17.6. The molecule has 4 fully saturated rings. The largest absolute Gasteiger partial charge is 0.358 e. The van der Waals surface area contributed by atoms with Crippen molar-refractivity contribution in [3.63, 3.8) is 0 Å². The standard InChI is InChI=1S/C21H35N3O2/c1-3-18-8-4-5-11-21(26-18)14-17-10-9-16-13-20(12-6-7-15(2)25-20)22-19(23-21)24(16)17/h4,8,15-19,22-23H,3,5-7,9-14H2,1-2H3. The van der Waals surface area contributed by atoms with Gasteiger partial charge in [-0.3, -0.25) is 15.5 Å². The summed E-state index contributed by atoms with van der Waals surface area (Å²) < 4.78 is 13.2. The molecule has 2 spiro atoms. The zero-order valence-corrected chi connectivity index (χ0v) is 16.4. The molecule has 7 atom stereocenters. The van der Waals surface area contributed by atoms with Crippen molar-refractivity contribution in [2.24, 2.45) is 0 Å². The van der Waals surface area contributed by atoms with Crippen LogP contribution in [0.5, 0.6) is 0 Å². The molecule has 5 aliphatic heterocycles. The minimum Gasteiger partial charge on any atom is -0.358 e. The van der Waals surface area contributed by atoms with Crippen molar-refractivity contribution in [1.29, 1.82) is 0 Å². The highest BCUT2D eigenvalue weighted by Gasteiger charge is 2.56. The monoisotopic (exact) mass is 361 g/mol. The number of rotatable bonds is 1. The average Bonchev–Trinajstić information content (AvgIpc) is 2.89. The molecule has 5 rings (SSSR count). The molecule has 0 aliphatic carbocycles. The van der Waals surface area contributed by atoms with Gasteiger partial charge < -0.3 is 9.47 Å². The summed E-state index contributed by atoms with van der Waals surface area (Å²) in [6.07, 6.45) is 17.0. The third-order valence-corrected chi connectivity index (χ3v) is 7.37. The summed E-state index contributed by atoms with van der Waals surface area (Å²) in [4.78, 5) is 2.71. The summed E-state index contributed by atoms with van der Waals surface area (Å²) in [6.45, 7) is 4.45. The van der Waals surface area contributed by atoms with Gasteiger partial charge >= 0.3 is 0 Å². The van der Waals surface area contributed by atoms with Crippen LogP contribution in [0, 0.1) is 0 Å². The normalized spacial score (nSPS) is 51.5. The molecule has 5 aliphatic rings. The molecule has 2 N–H and O–H groups in total. The maximum absolute atomic E-state index is 6.68. The van der Waals surface area contributed by atoms with Crippen molar-refractivity contribution in [2.75, 3.05) is 0 Å². The van der Waals surface area contributed by atoms with Crippen LogP contribution < -0.4 is 10.6 Å². The Kier molecular flexibility index (Phi) is 4.45. The van der Waals surface area contributed by atoms with Crippen LogP contribution in [0.4, 0.5) is 0 Å². The van der Waals surface area contributed by atoms with Gasteiger partial charge in [0.1, 0.15) is 17.7 Å². The third kappa shape index (κ3) is 2.96. The molecule has 0 aromatic carbocycles. The van der Waals surface area contributed by atoms with E-state index in [0.29, 0.717) is 18.2 Å². The second-order valence-electron chi connectivity index (χ2n) is 9.27. The maximum Gasteiger partial charge on any atom is 0.124 e. The summed E-state index contributed by atoms with van der Waals surface area (Å²) >= 11 is 0. The minimum atomic E-state index is -0.198. The molecule has 4 saturated heterocycles. The van der Waals surface area contributed by atoms with Crippen LogP contribution >= 0.6 is 0 Å². The SMILES string of the molecule is CCC1C=CCCC2(CC3CCC4CC5(CCCC(C)O5)NC(N2)N43)O1. The number of allylic oxidation sites excluding steroid dienone is 1. The van der Waals surface area contributed by atoms with Gasteiger partial charge in [0.05, 0.1) is 12.2 Å². The topological polar surface area (TPSA) is 45.8 Å². The van der Waals surface area contributed by atoms with Crippen LogP contribution in [0.3, 0.4) is 0 Å². The maximum atomic E-state index is 6.68. The second-order valence-corrected chi connectivity index (χ2v) is 9.27. The van der Waals surface area contributed by atoms with Crippen LogP contribution in [0.1, 0.15) is 78.1 Å². The van der Waals surface area contributed by atoms with E-state index in [1.54, 1.807) is 0 Å². The fourth-order valence-electron chi connectivity index (χ4n) is 6.24. The van der Waals surface area contributed by atoms with E-state index in [1.807, 2.05) is 0 Å². The number of nitrogens with zero attached hydrogens (tertiary/aromatic N) is 1. The molecule has 7 unspecified atom stereocenters. The van der Waals surface area contributed by atoms with E-state index in [9.17, 15) is 0 Å². The van der Waals surface area contributed by atoms with Gasteiger partial charge in [0.2, 0.25) is 0 Å². The van der Waals surface area contributed by atoms with Crippen molar-refractivity contribution in [3.05, 3.63) is 12.2 Å². The van der Waals surface area contributed by atoms with Crippen molar-refractivity contribution >= 4 is 0 Å². The lowest BCUT2D eigenvalue weighted by Crippen LogP contribution is -2.78. The molecule has 146 valence electrons. The van der Waals surface area contributed by atoms with Gasteiger partial charge in [-0.2, -0.15) is 0 Å². The summed E-state index contributed by atoms with van der Waals surface area (Å²) in [6, 6.07) is 1.28. The van der Waals surface area contributed by atoms with E-state index >= 15 is 0 Å². The number of hydrogen-bond acceptors (Lipinski definition) is 5. The Hall–Kier alpha value is -0.460. The lowest BCUT2D eigenvalue weighted by molar-refractivity contribution is -0.230. The van der Waals surface area contributed by atoms with Crippen molar-refractivity contribution in [3.8, 4) is 0 Å². The van der Waals surface area contributed by atoms with Gasteiger partial charge in [-0.15, -0.1) is 0 Å². The lowest BCUT2D eigenvalue weighted by Gasteiger charge is -2.58. The smallest absolute Gasteiger partial charge is 0.124 e. The molecule has 0 aromatic heterocycles. The Morgan fingerprint density at radius 2 is 1.77 bits per heavy atom. The number of hydrogen-bond donors (Lipinski definition) is 2. The number of ether oxygens (including phenoxy) is 2. The summed E-state index contributed by atoms with van der Waals surface area (Å²) in [5.41, 5.74) is -0.340. The third-order valence-electron chi connectivity index (χ3n) is 7.37. The first-order valence-corrected chi connectivity index (χ1v) is 11.0. The Balaban J connectivity index is 1.41. The predicted molar refractivity (Wildman–Crippen MR) is 101 cm³/mol. The summed E-state index contributed by atoms with van der Waals surface area (Å²) in [5.74, 6) is 0. The van der Waals surface area contributed by atoms with Gasteiger partial charge in [0.25, 0.3) is 0 Å². The zero-order chi connectivity index (χ0) is 17.8. The fraction of sp³-hybridized carbons (Fsp3) is 0.905. The van der Waals surface area contributed by atoms with Gasteiger partial charge in [0, 0.05) is 24.9 Å². The first-order valence-electron chi connectivity index (χ1n) is 11.0.